The van der Waals surface area contributed by atoms with E-state index in [1.807, 2.05) is 15.6 Å². The Morgan fingerprint density at radius 2 is 1.84 bits per heavy atom. The molecule has 7 heteroatoms. The average Bonchev–Trinajstić information content (AvgIpc) is 3.57. The van der Waals surface area contributed by atoms with Gasteiger partial charge in [-0.15, -0.1) is 0 Å². The summed E-state index contributed by atoms with van der Waals surface area (Å²) in [6, 6.07) is 12.8. The van der Waals surface area contributed by atoms with Crippen LogP contribution in [-0.2, 0) is 11.3 Å². The smallest absolute Gasteiger partial charge is 0.225 e. The van der Waals surface area contributed by atoms with Crippen molar-refractivity contribution < 1.29 is 9.90 Å². The average molecular weight is 420 g/mol. The van der Waals surface area contributed by atoms with Crippen LogP contribution in [0, 0.1) is 5.92 Å². The number of amides is 1. The molecule has 5 rings (SSSR count). The first-order valence-electron chi connectivity index (χ1n) is 11.1. The van der Waals surface area contributed by atoms with Crippen LogP contribution in [0.1, 0.15) is 18.4 Å². The predicted octanol–water partition coefficient (Wildman–Crippen LogP) is 2.14. The number of piperazine rings is 1. The fraction of sp³-hybridized carbons (Fsp3) is 0.417. The molecule has 3 aromatic rings. The summed E-state index contributed by atoms with van der Waals surface area (Å²) in [7, 11) is 0. The number of aromatic nitrogens is 2. The third-order valence-electron chi connectivity index (χ3n) is 6.25. The van der Waals surface area contributed by atoms with Crippen molar-refractivity contribution in [2.45, 2.75) is 19.4 Å². The van der Waals surface area contributed by atoms with Crippen LogP contribution in [0.3, 0.4) is 0 Å². The molecular formula is C24H29N5O2. The molecule has 0 unspecified atom stereocenters. The molecule has 0 atom stereocenters. The normalized spacial score (nSPS) is 16.8. The lowest BCUT2D eigenvalue weighted by atomic mass is 10.1. The van der Waals surface area contributed by atoms with Crippen LogP contribution in [-0.4, -0.2) is 64.9 Å². The Balaban J connectivity index is 1.32. The highest BCUT2D eigenvalue weighted by Gasteiger charge is 2.34. The molecule has 2 fully saturated rings. The van der Waals surface area contributed by atoms with Crippen LogP contribution in [0.4, 0.5) is 5.69 Å². The zero-order valence-electron chi connectivity index (χ0n) is 17.7. The van der Waals surface area contributed by atoms with Crippen molar-refractivity contribution >= 4 is 17.1 Å². The van der Waals surface area contributed by atoms with Gasteiger partial charge in [-0.25, -0.2) is 4.52 Å². The predicted molar refractivity (Wildman–Crippen MR) is 121 cm³/mol. The van der Waals surface area contributed by atoms with Crippen molar-refractivity contribution in [1.29, 1.82) is 0 Å². The van der Waals surface area contributed by atoms with Crippen LogP contribution in [0.15, 0.2) is 48.8 Å². The molecule has 3 heterocycles. The number of rotatable bonds is 7. The molecule has 0 bridgehead atoms. The first-order chi connectivity index (χ1) is 15.2. The Labute approximate surface area is 182 Å². The van der Waals surface area contributed by atoms with Gasteiger partial charge in [0.25, 0.3) is 0 Å². The highest BCUT2D eigenvalue weighted by Crippen LogP contribution is 2.32. The lowest BCUT2D eigenvalue weighted by molar-refractivity contribution is -0.132. The Hall–Kier alpha value is -2.90. The highest BCUT2D eigenvalue weighted by atomic mass is 16.3. The number of carbonyl (C=O) groups is 1. The zero-order valence-corrected chi connectivity index (χ0v) is 17.7. The minimum absolute atomic E-state index is 0.149. The standard InChI is InChI=1S/C24H29N5O2/c30-14-9-25-16-18-1-3-19(4-2-18)21-15-23-22(7-8-26-29(23)17-21)27-10-12-28(13-11-27)24(31)20-5-6-20/h1-4,7-8,15,17,20,25,30H,5-6,9-14,16H2. The van der Waals surface area contributed by atoms with E-state index in [1.54, 1.807) is 0 Å². The van der Waals surface area contributed by atoms with Crippen LogP contribution >= 0.6 is 0 Å². The van der Waals surface area contributed by atoms with Crippen molar-refractivity contribution in [2.75, 3.05) is 44.2 Å². The maximum atomic E-state index is 12.4. The van der Waals surface area contributed by atoms with Gasteiger partial charge < -0.3 is 20.2 Å². The molecule has 1 saturated carbocycles. The van der Waals surface area contributed by atoms with Crippen LogP contribution < -0.4 is 10.2 Å². The molecule has 1 aromatic carbocycles. The minimum atomic E-state index is 0.149. The van der Waals surface area contributed by atoms with E-state index in [0.717, 1.165) is 62.2 Å². The number of anilines is 1. The second-order valence-electron chi connectivity index (χ2n) is 8.46. The minimum Gasteiger partial charge on any atom is -0.395 e. The molecule has 1 saturated heterocycles. The first kappa shape index (κ1) is 20.0. The molecule has 2 aliphatic rings. The van der Waals surface area contributed by atoms with Gasteiger partial charge in [-0.05, 0) is 36.1 Å². The number of nitrogens with one attached hydrogen (secondary N) is 1. The Morgan fingerprint density at radius 3 is 2.55 bits per heavy atom. The molecule has 0 spiro atoms. The van der Waals surface area contributed by atoms with Gasteiger partial charge in [0.05, 0.1) is 17.8 Å². The van der Waals surface area contributed by atoms with Gasteiger partial charge in [-0.3, -0.25) is 4.79 Å². The summed E-state index contributed by atoms with van der Waals surface area (Å²) in [5.74, 6) is 0.642. The topological polar surface area (TPSA) is 73.1 Å². The maximum Gasteiger partial charge on any atom is 0.225 e. The van der Waals surface area contributed by atoms with Gasteiger partial charge in [-0.1, -0.05) is 24.3 Å². The van der Waals surface area contributed by atoms with Crippen LogP contribution in [0.2, 0.25) is 0 Å². The number of carbonyl (C=O) groups excluding carboxylic acids is 1. The molecular weight excluding hydrogens is 390 g/mol. The largest absolute Gasteiger partial charge is 0.395 e. The summed E-state index contributed by atoms with van der Waals surface area (Å²) in [6.07, 6.45) is 6.06. The third kappa shape index (κ3) is 4.29. The number of aliphatic hydroxyl groups excluding tert-OH is 1. The van der Waals surface area contributed by atoms with Gasteiger partial charge >= 0.3 is 0 Å². The Kier molecular flexibility index (Phi) is 5.61. The van der Waals surface area contributed by atoms with Gasteiger partial charge in [0.1, 0.15) is 0 Å². The van der Waals surface area contributed by atoms with Gasteiger partial charge in [0.2, 0.25) is 5.91 Å². The summed E-state index contributed by atoms with van der Waals surface area (Å²) in [5, 5.41) is 16.6. The fourth-order valence-electron chi connectivity index (χ4n) is 4.31. The van der Waals surface area contributed by atoms with E-state index in [0.29, 0.717) is 18.4 Å². The lowest BCUT2D eigenvalue weighted by Crippen LogP contribution is -2.49. The number of benzene rings is 1. The molecule has 31 heavy (non-hydrogen) atoms. The Bertz CT molecular complexity index is 1050. The number of hydrogen-bond donors (Lipinski definition) is 2. The molecule has 162 valence electrons. The van der Waals surface area contributed by atoms with Crippen molar-refractivity contribution in [2.24, 2.45) is 5.92 Å². The molecule has 1 amide bonds. The highest BCUT2D eigenvalue weighted by molar-refractivity contribution is 5.82. The van der Waals surface area contributed by atoms with Gasteiger partial charge in [-0.2, -0.15) is 5.10 Å². The van der Waals surface area contributed by atoms with Crippen molar-refractivity contribution in [3.63, 3.8) is 0 Å². The number of hydrogen-bond acceptors (Lipinski definition) is 5. The second kappa shape index (κ2) is 8.69. The summed E-state index contributed by atoms with van der Waals surface area (Å²) >= 11 is 0. The van der Waals surface area contributed by atoms with Crippen molar-refractivity contribution in [3.05, 3.63) is 54.4 Å². The number of nitrogens with zero attached hydrogens (tertiary/aromatic N) is 4. The van der Waals surface area contributed by atoms with Gasteiger partial charge in [0, 0.05) is 63.1 Å². The van der Waals surface area contributed by atoms with Crippen LogP contribution in [0.5, 0.6) is 0 Å². The van der Waals surface area contributed by atoms with Crippen LogP contribution in [0.25, 0.3) is 16.6 Å². The van der Waals surface area contributed by atoms with E-state index in [2.05, 4.69) is 57.9 Å². The van der Waals surface area contributed by atoms with Crippen molar-refractivity contribution in [3.8, 4) is 11.1 Å². The molecule has 2 aromatic heterocycles. The first-order valence-corrected chi connectivity index (χ1v) is 11.1. The maximum absolute atomic E-state index is 12.4. The summed E-state index contributed by atoms with van der Waals surface area (Å²) in [4.78, 5) is 16.8. The summed E-state index contributed by atoms with van der Waals surface area (Å²) in [5.41, 5.74) is 5.75. The monoisotopic (exact) mass is 419 g/mol. The third-order valence-corrected chi connectivity index (χ3v) is 6.25. The van der Waals surface area contributed by atoms with E-state index >= 15 is 0 Å². The van der Waals surface area contributed by atoms with E-state index in [4.69, 9.17) is 5.11 Å². The molecule has 1 aliphatic heterocycles. The fourth-order valence-corrected chi connectivity index (χ4v) is 4.31. The molecule has 1 aliphatic carbocycles. The number of aliphatic hydroxyl groups is 1. The quantitative estimate of drug-likeness (QED) is 0.574. The summed E-state index contributed by atoms with van der Waals surface area (Å²) < 4.78 is 1.95. The van der Waals surface area contributed by atoms with Crippen molar-refractivity contribution in [1.82, 2.24) is 19.8 Å². The lowest BCUT2D eigenvalue weighted by Gasteiger charge is -2.36. The zero-order chi connectivity index (χ0) is 21.2. The second-order valence-corrected chi connectivity index (χ2v) is 8.46. The molecule has 0 radical (unpaired) electrons. The van der Waals surface area contributed by atoms with E-state index in [9.17, 15) is 4.79 Å². The van der Waals surface area contributed by atoms with E-state index in [-0.39, 0.29) is 6.61 Å². The Morgan fingerprint density at radius 1 is 1.06 bits per heavy atom. The molecule has 2 N–H and O–H groups in total. The van der Waals surface area contributed by atoms with Gasteiger partial charge in [0.15, 0.2) is 0 Å². The molecule has 7 nitrogen and oxygen atoms in total. The summed E-state index contributed by atoms with van der Waals surface area (Å²) in [6.45, 7) is 4.80. The number of fused-ring (bicyclic) bond motifs is 1. The van der Waals surface area contributed by atoms with E-state index in [1.165, 1.54) is 11.3 Å². The van der Waals surface area contributed by atoms with E-state index < -0.39 is 0 Å². The SMILES string of the molecule is O=C(C1CC1)N1CCN(c2ccnn3cc(-c4ccc(CNCCO)cc4)cc23)CC1.